The molecule has 0 spiro atoms. The third-order valence-corrected chi connectivity index (χ3v) is 6.16. The minimum atomic E-state index is -0.776. The quantitative estimate of drug-likeness (QED) is 0.675. The van der Waals surface area contributed by atoms with Crippen LogP contribution in [0.5, 0.6) is 0 Å². The molecule has 0 aliphatic carbocycles. The maximum atomic E-state index is 15.0. The summed E-state index contributed by atoms with van der Waals surface area (Å²) in [7, 11) is 0. The van der Waals surface area contributed by atoms with Gasteiger partial charge in [-0.25, -0.2) is 19.2 Å². The fourth-order valence-electron chi connectivity index (χ4n) is 4.14. The van der Waals surface area contributed by atoms with Gasteiger partial charge in [0.25, 0.3) is 0 Å². The maximum Gasteiger partial charge on any atom is 0.416 e. The van der Waals surface area contributed by atoms with Crippen LogP contribution in [0, 0.1) is 11.2 Å². The molecule has 1 atom stereocenters. The van der Waals surface area contributed by atoms with Crippen LogP contribution in [-0.2, 0) is 14.3 Å². The zero-order valence-corrected chi connectivity index (χ0v) is 21.0. The summed E-state index contributed by atoms with van der Waals surface area (Å²) in [4.78, 5) is 50.2. The summed E-state index contributed by atoms with van der Waals surface area (Å²) in [5.74, 6) is -0.119. The van der Waals surface area contributed by atoms with Crippen molar-refractivity contribution in [2.45, 2.75) is 40.3 Å². The lowest BCUT2D eigenvalue weighted by molar-refractivity contribution is -0.139. The molecule has 2 fully saturated rings. The van der Waals surface area contributed by atoms with Gasteiger partial charge >= 0.3 is 6.09 Å². The fraction of sp³-hybridized carbons (Fsp3) is 0.480. The van der Waals surface area contributed by atoms with E-state index in [-0.39, 0.29) is 24.8 Å². The summed E-state index contributed by atoms with van der Waals surface area (Å²) < 4.78 is 20.1. The van der Waals surface area contributed by atoms with Crippen LogP contribution in [-0.4, -0.2) is 71.7 Å². The first-order chi connectivity index (χ1) is 17.1. The summed E-state index contributed by atoms with van der Waals surface area (Å²) in [5.41, 5.74) is 0.715. The number of hydrogen-bond donors (Lipinski definition) is 1. The van der Waals surface area contributed by atoms with Crippen molar-refractivity contribution in [1.29, 1.82) is 0 Å². The minimum absolute atomic E-state index is 0.0930. The standard InChI is InChI=1S/C25H31FN6O4/c1-5-20(33)29-21-15-32(24(35)36-21)17-6-7-18(19(26)12-17)16-13-27-23(28-14-16)31-10-8-30(9-11-31)22(34)25(2,3)4/h6-7,12-14,21H,5,8-11,15H2,1-4H3,(H,29,33). The second-order valence-electron chi connectivity index (χ2n) is 9.87. The first-order valence-corrected chi connectivity index (χ1v) is 12.0. The number of nitrogens with one attached hydrogen (secondary N) is 1. The highest BCUT2D eigenvalue weighted by Gasteiger charge is 2.34. The summed E-state index contributed by atoms with van der Waals surface area (Å²) in [6.07, 6.45) is 1.97. The van der Waals surface area contributed by atoms with Crippen molar-refractivity contribution in [2.75, 3.05) is 42.5 Å². The van der Waals surface area contributed by atoms with Gasteiger partial charge in [0, 0.05) is 61.5 Å². The molecule has 11 heteroatoms. The van der Waals surface area contributed by atoms with Crippen molar-refractivity contribution in [3.05, 3.63) is 36.4 Å². The van der Waals surface area contributed by atoms with Crippen molar-refractivity contribution >= 4 is 29.5 Å². The first kappa shape index (κ1) is 25.3. The number of halogens is 1. The molecule has 4 rings (SSSR count). The largest absolute Gasteiger partial charge is 0.423 e. The smallest absolute Gasteiger partial charge is 0.416 e. The van der Waals surface area contributed by atoms with Gasteiger partial charge in [-0.05, 0) is 18.2 Å². The SMILES string of the molecule is CCC(=O)NC1CN(c2ccc(-c3cnc(N4CCN(C(=O)C(C)(C)C)CC4)nc3)c(F)c2)C(=O)O1. The average Bonchev–Trinajstić information content (AvgIpc) is 3.22. The van der Waals surface area contributed by atoms with Crippen LogP contribution < -0.4 is 15.1 Å². The van der Waals surface area contributed by atoms with E-state index in [1.807, 2.05) is 30.6 Å². The summed E-state index contributed by atoms with van der Waals surface area (Å²) >= 11 is 0. The molecule has 3 heterocycles. The van der Waals surface area contributed by atoms with Crippen LogP contribution >= 0.6 is 0 Å². The lowest BCUT2D eigenvalue weighted by Gasteiger charge is -2.37. The predicted molar refractivity (Wildman–Crippen MR) is 132 cm³/mol. The number of hydrogen-bond acceptors (Lipinski definition) is 7. The van der Waals surface area contributed by atoms with Gasteiger partial charge in [-0.3, -0.25) is 14.5 Å². The summed E-state index contributed by atoms with van der Waals surface area (Å²) in [6.45, 7) is 9.96. The Morgan fingerprint density at radius 2 is 1.81 bits per heavy atom. The molecule has 1 N–H and O–H groups in total. The number of cyclic esters (lactones) is 1. The number of ether oxygens (including phenoxy) is 1. The number of aromatic nitrogens is 2. The molecule has 1 aromatic heterocycles. The molecule has 2 aromatic rings. The van der Waals surface area contributed by atoms with Crippen LogP contribution in [0.4, 0.5) is 20.8 Å². The third kappa shape index (κ3) is 5.39. The molecule has 2 aliphatic rings. The first-order valence-electron chi connectivity index (χ1n) is 12.0. The van der Waals surface area contributed by atoms with Gasteiger partial charge in [0.05, 0.1) is 12.2 Å². The predicted octanol–water partition coefficient (Wildman–Crippen LogP) is 2.79. The molecule has 1 aromatic carbocycles. The van der Waals surface area contributed by atoms with Crippen molar-refractivity contribution < 1.29 is 23.5 Å². The number of rotatable bonds is 5. The number of piperazine rings is 1. The molecule has 1 unspecified atom stereocenters. The van der Waals surface area contributed by atoms with E-state index in [0.717, 1.165) is 0 Å². The van der Waals surface area contributed by atoms with E-state index in [1.165, 1.54) is 11.0 Å². The van der Waals surface area contributed by atoms with Crippen LogP contribution in [0.15, 0.2) is 30.6 Å². The van der Waals surface area contributed by atoms with Crippen LogP contribution in [0.3, 0.4) is 0 Å². The van der Waals surface area contributed by atoms with Crippen LogP contribution in [0.1, 0.15) is 34.1 Å². The fourth-order valence-corrected chi connectivity index (χ4v) is 4.14. The zero-order chi connectivity index (χ0) is 26.0. The Kier molecular flexibility index (Phi) is 7.09. The van der Waals surface area contributed by atoms with E-state index in [2.05, 4.69) is 15.3 Å². The Labute approximate surface area is 209 Å². The van der Waals surface area contributed by atoms with E-state index >= 15 is 0 Å². The van der Waals surface area contributed by atoms with Gasteiger partial charge in [-0.15, -0.1) is 0 Å². The zero-order valence-electron chi connectivity index (χ0n) is 21.0. The van der Waals surface area contributed by atoms with E-state index in [4.69, 9.17) is 4.74 Å². The van der Waals surface area contributed by atoms with Gasteiger partial charge < -0.3 is 19.9 Å². The molecule has 0 radical (unpaired) electrons. The van der Waals surface area contributed by atoms with Gasteiger partial charge in [-0.1, -0.05) is 27.7 Å². The van der Waals surface area contributed by atoms with Gasteiger partial charge in [0.2, 0.25) is 17.8 Å². The number of anilines is 2. The van der Waals surface area contributed by atoms with E-state index in [0.29, 0.717) is 48.9 Å². The highest BCUT2D eigenvalue weighted by molar-refractivity contribution is 5.90. The van der Waals surface area contributed by atoms with Gasteiger partial charge in [0.15, 0.2) is 6.23 Å². The molecule has 10 nitrogen and oxygen atoms in total. The Morgan fingerprint density at radius 3 is 2.39 bits per heavy atom. The number of carbonyl (C=O) groups is 3. The second kappa shape index (κ2) is 10.1. The van der Waals surface area contributed by atoms with Gasteiger partial charge in [0.1, 0.15) is 5.82 Å². The molecule has 2 aliphatic heterocycles. The monoisotopic (exact) mass is 498 g/mol. The summed E-state index contributed by atoms with van der Waals surface area (Å²) in [6, 6.07) is 4.42. The van der Waals surface area contributed by atoms with Gasteiger partial charge in [-0.2, -0.15) is 0 Å². The lowest BCUT2D eigenvalue weighted by Crippen LogP contribution is -2.52. The Bertz CT molecular complexity index is 1140. The minimum Gasteiger partial charge on any atom is -0.423 e. The Morgan fingerprint density at radius 1 is 1.14 bits per heavy atom. The van der Waals surface area contributed by atoms with Crippen LogP contribution in [0.25, 0.3) is 11.1 Å². The third-order valence-electron chi connectivity index (χ3n) is 6.16. The van der Waals surface area contributed by atoms with E-state index in [9.17, 15) is 18.8 Å². The number of carbonyl (C=O) groups excluding carboxylic acids is 3. The molecule has 192 valence electrons. The van der Waals surface area contributed by atoms with Crippen molar-refractivity contribution in [1.82, 2.24) is 20.2 Å². The number of nitrogens with zero attached hydrogens (tertiary/aromatic N) is 5. The number of benzene rings is 1. The molecule has 0 bridgehead atoms. The molecule has 2 saturated heterocycles. The highest BCUT2D eigenvalue weighted by atomic mass is 19.1. The molecule has 0 saturated carbocycles. The lowest BCUT2D eigenvalue weighted by atomic mass is 9.94. The topological polar surface area (TPSA) is 108 Å². The average molecular weight is 499 g/mol. The Hall–Kier alpha value is -3.76. The maximum absolute atomic E-state index is 15.0. The molecular formula is C25H31FN6O4. The van der Waals surface area contributed by atoms with Crippen molar-refractivity contribution in [3.8, 4) is 11.1 Å². The second-order valence-corrected chi connectivity index (χ2v) is 9.87. The van der Waals surface area contributed by atoms with Crippen molar-refractivity contribution in [3.63, 3.8) is 0 Å². The molecule has 3 amide bonds. The van der Waals surface area contributed by atoms with Crippen molar-refractivity contribution in [2.24, 2.45) is 5.41 Å². The van der Waals surface area contributed by atoms with E-state index in [1.54, 1.807) is 31.5 Å². The molecular weight excluding hydrogens is 467 g/mol. The summed E-state index contributed by atoms with van der Waals surface area (Å²) in [5, 5.41) is 2.60. The molecule has 36 heavy (non-hydrogen) atoms. The van der Waals surface area contributed by atoms with Crippen LogP contribution in [0.2, 0.25) is 0 Å². The normalized spacial score (nSPS) is 18.3. The Balaban J connectivity index is 1.40. The number of amides is 3. The van der Waals surface area contributed by atoms with E-state index < -0.39 is 23.6 Å². The highest BCUT2D eigenvalue weighted by Crippen LogP contribution is 2.29.